The molecule has 3 aromatic rings. The Morgan fingerprint density at radius 2 is 2.12 bits per heavy atom. The summed E-state index contributed by atoms with van der Waals surface area (Å²) in [5, 5.41) is 10.6. The Morgan fingerprint density at radius 1 is 1.25 bits per heavy atom. The predicted molar refractivity (Wildman–Crippen MR) is 86.1 cm³/mol. The quantitative estimate of drug-likeness (QED) is 0.414. The molecule has 2 aliphatic rings. The van der Waals surface area contributed by atoms with Crippen molar-refractivity contribution in [1.82, 2.24) is 23.9 Å². The van der Waals surface area contributed by atoms with Crippen molar-refractivity contribution in [1.29, 1.82) is 0 Å². The van der Waals surface area contributed by atoms with E-state index in [2.05, 4.69) is 15.0 Å². The first-order chi connectivity index (χ1) is 11.5. The van der Waals surface area contributed by atoms with Gasteiger partial charge in [0.2, 0.25) is 0 Å². The molecule has 1 unspecified atom stereocenters. The van der Waals surface area contributed by atoms with E-state index in [0.29, 0.717) is 16.8 Å². The summed E-state index contributed by atoms with van der Waals surface area (Å²) in [4.78, 5) is 23.0. The molecule has 2 N–H and O–H groups in total. The molecule has 0 amide bonds. The number of hydrogen-bond donors (Lipinski definition) is 2. The van der Waals surface area contributed by atoms with Crippen molar-refractivity contribution in [3.05, 3.63) is 25.0 Å². The van der Waals surface area contributed by atoms with Crippen LogP contribution in [0.5, 0.6) is 0 Å². The monoisotopic (exact) mass is 351 g/mol. The zero-order valence-corrected chi connectivity index (χ0v) is 13.7. The molecule has 0 aromatic carbocycles. The fraction of sp³-hybridized carbons (Fsp3) is 0.417. The van der Waals surface area contributed by atoms with Gasteiger partial charge >= 0.3 is 136 Å². The number of nitrogens with zero attached hydrogens (tertiary/aromatic N) is 5. The third kappa shape index (κ3) is 2.03. The van der Waals surface area contributed by atoms with E-state index in [0.717, 1.165) is 0 Å². The third-order valence-electron chi connectivity index (χ3n) is 4.41. The molecule has 126 valence electrons. The third-order valence-corrected chi connectivity index (χ3v) is 5.82. The summed E-state index contributed by atoms with van der Waals surface area (Å²) in [7, 11) is -1.69. The van der Waals surface area contributed by atoms with E-state index in [1.165, 1.54) is 7.57 Å². The molecule has 0 bridgehead atoms. The SMILES string of the molecule is B[PH]1(O)OC[C@H]2O[C@@H](n3cnc4c3ncn3ccnc43)C(O)[C@H]2O1. The van der Waals surface area contributed by atoms with Crippen LogP contribution in [0.3, 0.4) is 0 Å². The number of ether oxygens (including phenoxy) is 1. The van der Waals surface area contributed by atoms with Crippen molar-refractivity contribution in [2.75, 3.05) is 6.61 Å². The molecule has 0 radical (unpaired) electrons. The molecule has 5 rings (SSSR count). The molecule has 10 nitrogen and oxygen atoms in total. The molecule has 4 atom stereocenters. The van der Waals surface area contributed by atoms with Gasteiger partial charge in [0.1, 0.15) is 0 Å². The van der Waals surface area contributed by atoms with Gasteiger partial charge < -0.3 is 0 Å². The summed E-state index contributed by atoms with van der Waals surface area (Å²) in [6.45, 7) is 0.183. The van der Waals surface area contributed by atoms with Gasteiger partial charge in [-0.1, -0.05) is 0 Å². The number of aliphatic hydroxyl groups excluding tert-OH is 1. The van der Waals surface area contributed by atoms with Gasteiger partial charge in [-0.3, -0.25) is 0 Å². The molecule has 2 fully saturated rings. The topological polar surface area (TPSA) is 116 Å². The minimum absolute atomic E-state index is 0.183. The molecular formula is C12H15BN5O5P. The summed E-state index contributed by atoms with van der Waals surface area (Å²) in [6, 6.07) is 0. The van der Waals surface area contributed by atoms with Gasteiger partial charge in [-0.05, 0) is 0 Å². The molecule has 2 aliphatic heterocycles. The normalized spacial score (nSPS) is 33.8. The van der Waals surface area contributed by atoms with Crippen molar-refractivity contribution in [3.8, 4) is 0 Å². The van der Waals surface area contributed by atoms with Gasteiger partial charge in [-0.25, -0.2) is 0 Å². The molecule has 0 aliphatic carbocycles. The Hall–Kier alpha value is -1.62. The molecular weight excluding hydrogens is 336 g/mol. The summed E-state index contributed by atoms with van der Waals surface area (Å²) >= 11 is 0. The van der Waals surface area contributed by atoms with Crippen LogP contribution in [-0.2, 0) is 13.8 Å². The first-order valence-corrected chi connectivity index (χ1v) is 9.82. The Bertz CT molecular complexity index is 931. The van der Waals surface area contributed by atoms with E-state index in [4.69, 9.17) is 13.8 Å². The number of imidazole rings is 2. The molecule has 3 aromatic heterocycles. The van der Waals surface area contributed by atoms with Crippen LogP contribution in [0.4, 0.5) is 0 Å². The second kappa shape index (κ2) is 4.95. The molecule has 24 heavy (non-hydrogen) atoms. The second-order valence-corrected chi connectivity index (χ2v) is 8.39. The summed E-state index contributed by atoms with van der Waals surface area (Å²) in [6.07, 6.45) is 3.87. The van der Waals surface area contributed by atoms with E-state index >= 15 is 0 Å². The van der Waals surface area contributed by atoms with Gasteiger partial charge in [-0.2, -0.15) is 0 Å². The fourth-order valence-electron chi connectivity index (χ4n) is 3.29. The number of aromatic nitrogens is 5. The Kier molecular flexibility index (Phi) is 3.03. The first kappa shape index (κ1) is 14.7. The summed E-state index contributed by atoms with van der Waals surface area (Å²) in [5.41, 5.74) is 1.85. The van der Waals surface area contributed by atoms with Crippen molar-refractivity contribution in [3.63, 3.8) is 0 Å². The maximum atomic E-state index is 10.6. The van der Waals surface area contributed by atoms with Crippen LogP contribution in [0, 0.1) is 0 Å². The van der Waals surface area contributed by atoms with Crippen LogP contribution >= 0.6 is 7.82 Å². The van der Waals surface area contributed by atoms with E-state index in [1.807, 2.05) is 0 Å². The van der Waals surface area contributed by atoms with Crippen LogP contribution in [0.15, 0.2) is 25.0 Å². The van der Waals surface area contributed by atoms with Gasteiger partial charge in [-0.15, -0.1) is 0 Å². The maximum absolute atomic E-state index is 10.6. The molecule has 0 spiro atoms. The van der Waals surface area contributed by atoms with E-state index in [1.54, 1.807) is 34.0 Å². The molecule has 2 saturated heterocycles. The fourth-order valence-corrected chi connectivity index (χ4v) is 4.62. The second-order valence-electron chi connectivity index (χ2n) is 6.07. The van der Waals surface area contributed by atoms with Gasteiger partial charge in [0, 0.05) is 0 Å². The van der Waals surface area contributed by atoms with E-state index in [-0.39, 0.29) is 6.61 Å². The number of hydrogen-bond acceptors (Lipinski definition) is 8. The molecule has 5 heterocycles. The van der Waals surface area contributed by atoms with Crippen LogP contribution in [0.2, 0.25) is 0 Å². The molecule has 12 heteroatoms. The molecule has 0 saturated carbocycles. The van der Waals surface area contributed by atoms with Crippen LogP contribution in [0.1, 0.15) is 6.23 Å². The Labute approximate surface area is 137 Å². The van der Waals surface area contributed by atoms with E-state index in [9.17, 15) is 10.00 Å². The number of rotatable bonds is 1. The summed E-state index contributed by atoms with van der Waals surface area (Å²) < 4.78 is 20.2. The zero-order chi connectivity index (χ0) is 16.5. The standard InChI is InChI=1S/C12H15BN5O5P/c13-24(20)21-3-6-9(23-24)8(19)12(22-6)18-5-15-7-10-14-1-2-17(10)4-16-11(7)18/h1-2,4-6,8-9,12,19-20,24H,3,13H2/t6-,8?,9+,12-/m1/s1. The van der Waals surface area contributed by atoms with Crippen molar-refractivity contribution < 1.29 is 23.8 Å². The van der Waals surface area contributed by atoms with Crippen molar-refractivity contribution in [2.24, 2.45) is 0 Å². The van der Waals surface area contributed by atoms with Gasteiger partial charge in [0.25, 0.3) is 0 Å². The van der Waals surface area contributed by atoms with Crippen molar-refractivity contribution >= 4 is 32.2 Å². The van der Waals surface area contributed by atoms with Crippen LogP contribution < -0.4 is 0 Å². The van der Waals surface area contributed by atoms with Crippen molar-refractivity contribution in [2.45, 2.75) is 24.5 Å². The number of fused-ring (bicyclic) bond motifs is 4. The Morgan fingerprint density at radius 3 is 3.00 bits per heavy atom. The predicted octanol–water partition coefficient (Wildman–Crippen LogP) is -1.21. The minimum atomic E-state index is -3.21. The van der Waals surface area contributed by atoms with E-state index < -0.39 is 32.4 Å². The first-order valence-electron chi connectivity index (χ1n) is 7.55. The van der Waals surface area contributed by atoms with Crippen LogP contribution in [0.25, 0.3) is 16.8 Å². The summed E-state index contributed by atoms with van der Waals surface area (Å²) in [5.74, 6) is 0. The average molecular weight is 351 g/mol. The van der Waals surface area contributed by atoms with Gasteiger partial charge in [0.15, 0.2) is 0 Å². The Balaban J connectivity index is 1.56. The average Bonchev–Trinajstić information content (AvgIpc) is 3.23. The van der Waals surface area contributed by atoms with Crippen LogP contribution in [-0.4, -0.2) is 66.4 Å². The number of aliphatic hydroxyl groups is 1. The zero-order valence-electron chi connectivity index (χ0n) is 12.7. The van der Waals surface area contributed by atoms with Gasteiger partial charge in [0.05, 0.1) is 0 Å².